The minimum atomic E-state index is -3.68. The van der Waals surface area contributed by atoms with Crippen LogP contribution in [0.3, 0.4) is 0 Å². The average molecular weight is 851 g/mol. The highest BCUT2D eigenvalue weighted by molar-refractivity contribution is 7.91. The van der Waals surface area contributed by atoms with E-state index in [4.69, 9.17) is 27.8 Å². The Morgan fingerprint density at radius 2 is 1.51 bits per heavy atom. The van der Waals surface area contributed by atoms with Gasteiger partial charge >= 0.3 is 0 Å². The summed E-state index contributed by atoms with van der Waals surface area (Å²) in [5.74, 6) is -0.324. The maximum Gasteiger partial charge on any atom is 0.192 e. The molecular formula is C45H78O9SSi2. The lowest BCUT2D eigenvalue weighted by Crippen LogP contribution is -2.49. The van der Waals surface area contributed by atoms with Gasteiger partial charge in [-0.25, -0.2) is 8.42 Å². The zero-order valence-electron chi connectivity index (χ0n) is 37.5. The number of benzene rings is 1. The number of hydrogen-bond acceptors (Lipinski definition) is 9. The summed E-state index contributed by atoms with van der Waals surface area (Å²) in [6.45, 7) is 34.2. The van der Waals surface area contributed by atoms with Gasteiger partial charge in [-0.15, -0.1) is 0 Å². The highest BCUT2D eigenvalue weighted by Gasteiger charge is 2.50. The summed E-state index contributed by atoms with van der Waals surface area (Å²) in [4.78, 5) is 0.297. The largest absolute Gasteiger partial charge is 0.414 e. The van der Waals surface area contributed by atoms with E-state index in [1.165, 1.54) is 0 Å². The molecule has 3 aliphatic heterocycles. The Hall–Kier alpha value is -1.20. The van der Waals surface area contributed by atoms with Gasteiger partial charge in [0.25, 0.3) is 0 Å². The lowest BCUT2D eigenvalue weighted by molar-refractivity contribution is -0.0782. The zero-order valence-corrected chi connectivity index (χ0v) is 40.3. The molecule has 5 unspecified atom stereocenters. The standard InChI is InChI=1S/C45H78O9SSi2/c1-31-25-35(22-23-39-32(2)26-34(51-39)19-18-24-46)52-40(33(31)3)28-41-38(30-55(47,48)37-20-16-15-17-21-37)43(49-10)42(53-41)27-36(54-57(13,14)45(7,8)9)29-50-56(11,12)44(4,5)6/h15-17,20-21,31,34-36,38-43,46H,2-3,18-19,22-30H2,1,4-14H3/t31-,34+,35?,36?,38+,39+,40?,41?,42?,43-/m1/s1. The molecule has 1 N–H and O–H groups in total. The summed E-state index contributed by atoms with van der Waals surface area (Å²) < 4.78 is 68.6. The van der Waals surface area contributed by atoms with Crippen molar-refractivity contribution in [1.29, 1.82) is 0 Å². The maximum atomic E-state index is 14.1. The third-order valence-electron chi connectivity index (χ3n) is 13.8. The molecule has 10 atom stereocenters. The Kier molecular flexibility index (Phi) is 16.7. The molecule has 3 aliphatic rings. The molecule has 1 aromatic rings. The van der Waals surface area contributed by atoms with Crippen LogP contribution in [0.5, 0.6) is 0 Å². The van der Waals surface area contributed by atoms with Crippen LogP contribution >= 0.6 is 0 Å². The predicted molar refractivity (Wildman–Crippen MR) is 235 cm³/mol. The molecular weight excluding hydrogens is 773 g/mol. The second-order valence-electron chi connectivity index (χ2n) is 20.2. The van der Waals surface area contributed by atoms with Crippen LogP contribution in [0.25, 0.3) is 0 Å². The number of sulfone groups is 1. The fourth-order valence-corrected chi connectivity index (χ4v) is 12.1. The molecule has 0 bridgehead atoms. The van der Waals surface area contributed by atoms with E-state index >= 15 is 0 Å². The van der Waals surface area contributed by atoms with Gasteiger partial charge in [-0.05, 0) is 104 Å². The van der Waals surface area contributed by atoms with Crippen molar-refractivity contribution in [1.82, 2.24) is 0 Å². The number of hydrogen-bond donors (Lipinski definition) is 1. The Morgan fingerprint density at radius 3 is 2.11 bits per heavy atom. The molecule has 0 spiro atoms. The minimum Gasteiger partial charge on any atom is -0.414 e. The fraction of sp³-hybridized carbons (Fsp3) is 0.778. The van der Waals surface area contributed by atoms with Gasteiger partial charge in [0, 0.05) is 32.5 Å². The molecule has 0 radical (unpaired) electrons. The normalized spacial score (nSPS) is 29.9. The highest BCUT2D eigenvalue weighted by atomic mass is 32.2. The number of aliphatic hydroxyl groups excluding tert-OH is 1. The van der Waals surface area contributed by atoms with E-state index in [2.05, 4.69) is 87.8 Å². The highest BCUT2D eigenvalue weighted by Crippen LogP contribution is 2.44. The molecule has 3 fully saturated rings. The van der Waals surface area contributed by atoms with Gasteiger partial charge in [0.05, 0.1) is 66.1 Å². The molecule has 12 heteroatoms. The molecule has 0 amide bonds. The third kappa shape index (κ3) is 12.7. The van der Waals surface area contributed by atoms with Crippen molar-refractivity contribution < 1.29 is 41.3 Å². The van der Waals surface area contributed by atoms with Crippen LogP contribution in [0, 0.1) is 11.8 Å². The first-order valence-corrected chi connectivity index (χ1v) is 28.9. The summed E-state index contributed by atoms with van der Waals surface area (Å²) in [5, 5.41) is 9.32. The third-order valence-corrected chi connectivity index (χ3v) is 24.7. The predicted octanol–water partition coefficient (Wildman–Crippen LogP) is 9.67. The van der Waals surface area contributed by atoms with Gasteiger partial charge in [0.2, 0.25) is 0 Å². The maximum absolute atomic E-state index is 14.1. The molecule has 9 nitrogen and oxygen atoms in total. The SMILES string of the molecule is C=C1C(CC2OC(CC(CO[Si](C)(C)C(C)(C)C)O[Si](C)(C)C(C)(C)C)[C@H](OC)[C@H]2CS(=O)(=O)c2ccccc2)OC(CC[C@@H]2O[C@@H](CCCO)CC2=C)C[C@H]1C. The second-order valence-corrected chi connectivity index (χ2v) is 31.8. The molecule has 3 saturated heterocycles. The fourth-order valence-electron chi connectivity index (χ4n) is 8.08. The van der Waals surface area contributed by atoms with E-state index in [1.807, 2.05) is 6.07 Å². The molecule has 3 heterocycles. The smallest absolute Gasteiger partial charge is 0.192 e. The molecule has 0 aromatic heterocycles. The van der Waals surface area contributed by atoms with Crippen molar-refractivity contribution in [2.24, 2.45) is 11.8 Å². The first-order valence-electron chi connectivity index (χ1n) is 21.4. The lowest BCUT2D eigenvalue weighted by atomic mass is 9.83. The van der Waals surface area contributed by atoms with Crippen molar-refractivity contribution in [2.75, 3.05) is 26.1 Å². The van der Waals surface area contributed by atoms with Crippen molar-refractivity contribution in [3.05, 3.63) is 54.6 Å². The van der Waals surface area contributed by atoms with Crippen LogP contribution in [0.1, 0.15) is 99.8 Å². The van der Waals surface area contributed by atoms with Crippen molar-refractivity contribution in [2.45, 2.75) is 190 Å². The van der Waals surface area contributed by atoms with Gasteiger partial charge in [0.15, 0.2) is 26.5 Å². The number of aliphatic hydroxyl groups is 1. The Labute approximate surface area is 348 Å². The zero-order chi connectivity index (χ0) is 42.6. The lowest BCUT2D eigenvalue weighted by Gasteiger charge is -2.42. The number of ether oxygens (including phenoxy) is 4. The molecule has 0 aliphatic carbocycles. The van der Waals surface area contributed by atoms with Crippen LogP contribution in [-0.4, -0.2) is 105 Å². The summed E-state index contributed by atoms with van der Waals surface area (Å²) in [5.41, 5.74) is 2.14. The molecule has 57 heavy (non-hydrogen) atoms. The first-order chi connectivity index (χ1) is 26.4. The van der Waals surface area contributed by atoms with Gasteiger partial charge in [0.1, 0.15) is 0 Å². The van der Waals surface area contributed by atoms with E-state index < -0.39 is 50.7 Å². The van der Waals surface area contributed by atoms with Crippen molar-refractivity contribution in [3.8, 4) is 0 Å². The van der Waals surface area contributed by atoms with Gasteiger partial charge in [-0.2, -0.15) is 0 Å². The van der Waals surface area contributed by atoms with E-state index in [-0.39, 0.29) is 58.9 Å². The second kappa shape index (κ2) is 19.7. The van der Waals surface area contributed by atoms with E-state index in [0.717, 1.165) is 49.7 Å². The van der Waals surface area contributed by atoms with Gasteiger partial charge in [-0.1, -0.05) is 79.8 Å². The number of methoxy groups -OCH3 is 1. The molecule has 326 valence electrons. The number of rotatable bonds is 19. The Balaban J connectivity index is 1.59. The van der Waals surface area contributed by atoms with E-state index in [1.54, 1.807) is 31.4 Å². The van der Waals surface area contributed by atoms with Crippen LogP contribution in [-0.2, 0) is 37.6 Å². The van der Waals surface area contributed by atoms with Crippen LogP contribution < -0.4 is 0 Å². The monoisotopic (exact) mass is 850 g/mol. The Morgan fingerprint density at radius 1 is 0.877 bits per heavy atom. The van der Waals surface area contributed by atoms with Crippen LogP contribution in [0.2, 0.25) is 36.3 Å². The van der Waals surface area contributed by atoms with Crippen molar-refractivity contribution in [3.63, 3.8) is 0 Å². The summed E-state index contributed by atoms with van der Waals surface area (Å²) in [6, 6.07) is 8.68. The average Bonchev–Trinajstić information content (AvgIpc) is 3.63. The van der Waals surface area contributed by atoms with Crippen LogP contribution in [0.4, 0.5) is 0 Å². The molecule has 0 saturated carbocycles. The molecule has 4 rings (SSSR count). The quantitative estimate of drug-likeness (QED) is 0.108. The molecule has 1 aromatic carbocycles. The van der Waals surface area contributed by atoms with Crippen LogP contribution in [0.15, 0.2) is 59.5 Å². The van der Waals surface area contributed by atoms with Gasteiger partial charge in [-0.3, -0.25) is 0 Å². The summed E-state index contributed by atoms with van der Waals surface area (Å²) in [7, 11) is -6.35. The van der Waals surface area contributed by atoms with E-state index in [9.17, 15) is 13.5 Å². The van der Waals surface area contributed by atoms with Gasteiger partial charge < -0.3 is 32.9 Å². The van der Waals surface area contributed by atoms with Crippen molar-refractivity contribution >= 4 is 26.5 Å². The van der Waals surface area contributed by atoms with E-state index in [0.29, 0.717) is 24.3 Å². The topological polar surface area (TPSA) is 110 Å². The minimum absolute atomic E-state index is 0.000157. The summed E-state index contributed by atoms with van der Waals surface area (Å²) in [6.07, 6.45) is 4.12. The first kappa shape index (κ1) is 48.5. The Bertz CT molecular complexity index is 1570. The summed E-state index contributed by atoms with van der Waals surface area (Å²) >= 11 is 0.